The van der Waals surface area contributed by atoms with Gasteiger partial charge in [-0.15, -0.1) is 11.3 Å². The number of nitrogens with one attached hydrogen (secondary N) is 1. The Kier molecular flexibility index (Phi) is 4.70. The van der Waals surface area contributed by atoms with Crippen molar-refractivity contribution in [2.45, 2.75) is 40.2 Å². The van der Waals surface area contributed by atoms with Gasteiger partial charge in [0.25, 0.3) is 0 Å². The van der Waals surface area contributed by atoms with E-state index in [1.165, 1.54) is 11.2 Å². The highest BCUT2D eigenvalue weighted by Crippen LogP contribution is 2.32. The quantitative estimate of drug-likeness (QED) is 0.516. The van der Waals surface area contributed by atoms with Gasteiger partial charge in [-0.25, -0.2) is 18.4 Å². The molecule has 10 heteroatoms. The number of anilines is 1. The number of hydrazone groups is 1. The summed E-state index contributed by atoms with van der Waals surface area (Å²) in [6.07, 6.45) is 3.86. The van der Waals surface area contributed by atoms with Crippen LogP contribution in [0.5, 0.6) is 0 Å². The summed E-state index contributed by atoms with van der Waals surface area (Å²) in [5.41, 5.74) is 6.81. The van der Waals surface area contributed by atoms with Crippen LogP contribution in [-0.4, -0.2) is 45.9 Å². The zero-order valence-corrected chi connectivity index (χ0v) is 17.9. The Morgan fingerprint density at radius 2 is 2.07 bits per heavy atom. The maximum Gasteiger partial charge on any atom is 0.158 e. The van der Waals surface area contributed by atoms with Crippen LogP contribution in [0.3, 0.4) is 0 Å². The predicted octanol–water partition coefficient (Wildman–Crippen LogP) is 2.93. The molecule has 1 fully saturated rings. The maximum absolute atomic E-state index is 11.8. The van der Waals surface area contributed by atoms with Crippen LogP contribution in [0.4, 0.5) is 5.82 Å². The molecule has 1 aliphatic heterocycles. The first kappa shape index (κ1) is 19.0. The smallest absolute Gasteiger partial charge is 0.158 e. The molecule has 1 N–H and O–H groups in total. The van der Waals surface area contributed by atoms with Crippen LogP contribution in [0.25, 0.3) is 10.2 Å². The standard InChI is InChI=1S/C18H22N6O2S2/c1-10-13(4)27-18-16(10)17(19-9-20-18)22-21-7-15-11(2)23-24(12(15)3)14-5-6-28(25,26)8-14/h7,9,14H,5-6,8H2,1-4H3,(H,19,20,22)/b21-7-/t14-/m0/s1. The van der Waals surface area contributed by atoms with Crippen molar-refractivity contribution in [3.8, 4) is 0 Å². The molecule has 0 unspecified atom stereocenters. The van der Waals surface area contributed by atoms with E-state index in [9.17, 15) is 8.42 Å². The number of hydrogen-bond acceptors (Lipinski definition) is 8. The SMILES string of the molecule is Cc1nn([C@H]2CCS(=O)(=O)C2)c(C)c1/C=N\Nc1ncnc2sc(C)c(C)c12. The highest BCUT2D eigenvalue weighted by molar-refractivity contribution is 7.91. The molecule has 0 bridgehead atoms. The van der Waals surface area contributed by atoms with Gasteiger partial charge in [0.2, 0.25) is 0 Å². The topological polar surface area (TPSA) is 102 Å². The normalized spacial score (nSPS) is 19.1. The van der Waals surface area contributed by atoms with Crippen molar-refractivity contribution in [3.63, 3.8) is 0 Å². The second-order valence-corrected chi connectivity index (χ2v) is 10.6. The molecule has 0 aliphatic carbocycles. The Bertz CT molecular complexity index is 1190. The van der Waals surface area contributed by atoms with Crippen molar-refractivity contribution in [3.05, 3.63) is 33.7 Å². The summed E-state index contributed by atoms with van der Waals surface area (Å²) in [6.45, 7) is 7.98. The summed E-state index contributed by atoms with van der Waals surface area (Å²) in [7, 11) is -2.96. The third-order valence-corrected chi connectivity index (χ3v) is 8.13. The third kappa shape index (κ3) is 3.30. The molecule has 0 radical (unpaired) electrons. The van der Waals surface area contributed by atoms with Gasteiger partial charge >= 0.3 is 0 Å². The fourth-order valence-corrected chi connectivity index (χ4v) is 6.30. The largest absolute Gasteiger partial charge is 0.265 e. The average Bonchev–Trinajstić information content (AvgIpc) is 3.24. The molecule has 28 heavy (non-hydrogen) atoms. The zero-order valence-electron chi connectivity index (χ0n) is 16.2. The maximum atomic E-state index is 11.8. The van der Waals surface area contributed by atoms with E-state index in [2.05, 4.69) is 39.4 Å². The molecule has 4 heterocycles. The molecule has 8 nitrogen and oxygen atoms in total. The second-order valence-electron chi connectivity index (χ2n) is 7.14. The van der Waals surface area contributed by atoms with Gasteiger partial charge in [-0.1, -0.05) is 0 Å². The van der Waals surface area contributed by atoms with Crippen LogP contribution in [0.2, 0.25) is 0 Å². The van der Waals surface area contributed by atoms with Gasteiger partial charge in [-0.05, 0) is 39.7 Å². The minimum absolute atomic E-state index is 0.100. The molecule has 1 atom stereocenters. The summed E-state index contributed by atoms with van der Waals surface area (Å²) >= 11 is 1.64. The molecule has 4 rings (SSSR count). The van der Waals surface area contributed by atoms with Crippen molar-refractivity contribution >= 4 is 43.4 Å². The molecule has 3 aromatic rings. The van der Waals surface area contributed by atoms with Gasteiger partial charge in [0.05, 0.1) is 34.8 Å². The van der Waals surface area contributed by atoms with Gasteiger partial charge in [0.1, 0.15) is 11.2 Å². The molecule has 0 amide bonds. The van der Waals surface area contributed by atoms with E-state index in [1.807, 2.05) is 18.5 Å². The van der Waals surface area contributed by atoms with Crippen LogP contribution in [-0.2, 0) is 9.84 Å². The van der Waals surface area contributed by atoms with Crippen molar-refractivity contribution in [2.24, 2.45) is 5.10 Å². The van der Waals surface area contributed by atoms with Gasteiger partial charge in [0.15, 0.2) is 15.7 Å². The fourth-order valence-electron chi connectivity index (χ4n) is 3.61. The number of rotatable bonds is 4. The lowest BCUT2D eigenvalue weighted by Crippen LogP contribution is -2.14. The predicted molar refractivity (Wildman–Crippen MR) is 112 cm³/mol. The van der Waals surface area contributed by atoms with Crippen LogP contribution in [0.15, 0.2) is 11.4 Å². The van der Waals surface area contributed by atoms with Crippen molar-refractivity contribution in [2.75, 3.05) is 16.9 Å². The zero-order chi connectivity index (χ0) is 20.1. The summed E-state index contributed by atoms with van der Waals surface area (Å²) in [5, 5.41) is 9.92. The van der Waals surface area contributed by atoms with Gasteiger partial charge in [0, 0.05) is 16.1 Å². The van der Waals surface area contributed by atoms with Gasteiger partial charge in [-0.2, -0.15) is 10.2 Å². The first-order valence-corrected chi connectivity index (χ1v) is 11.7. The number of aryl methyl sites for hydroxylation is 3. The van der Waals surface area contributed by atoms with E-state index < -0.39 is 9.84 Å². The highest BCUT2D eigenvalue weighted by atomic mass is 32.2. The Balaban J connectivity index is 1.60. The third-order valence-electron chi connectivity index (χ3n) is 5.26. The minimum Gasteiger partial charge on any atom is -0.265 e. The van der Waals surface area contributed by atoms with Crippen LogP contribution >= 0.6 is 11.3 Å². The summed E-state index contributed by atoms with van der Waals surface area (Å²) < 4.78 is 25.4. The molecule has 0 aromatic carbocycles. The number of thiophene rings is 1. The van der Waals surface area contributed by atoms with Crippen molar-refractivity contribution in [1.82, 2.24) is 19.7 Å². The second kappa shape index (κ2) is 6.93. The molecule has 1 aliphatic rings. The van der Waals surface area contributed by atoms with E-state index in [0.717, 1.165) is 32.7 Å². The molecule has 0 spiro atoms. The van der Waals surface area contributed by atoms with Crippen molar-refractivity contribution in [1.29, 1.82) is 0 Å². The summed E-state index contributed by atoms with van der Waals surface area (Å²) in [5.74, 6) is 1.05. The van der Waals surface area contributed by atoms with Crippen LogP contribution in [0, 0.1) is 27.7 Å². The van der Waals surface area contributed by atoms with Crippen LogP contribution < -0.4 is 5.43 Å². The first-order valence-electron chi connectivity index (χ1n) is 9.02. The van der Waals surface area contributed by atoms with Crippen LogP contribution in [0.1, 0.15) is 39.9 Å². The Hall–Kier alpha value is -2.33. The number of aromatic nitrogens is 4. The monoisotopic (exact) mass is 418 g/mol. The van der Waals surface area contributed by atoms with E-state index in [0.29, 0.717) is 12.2 Å². The lowest BCUT2D eigenvalue weighted by Gasteiger charge is -2.10. The number of nitrogens with zero attached hydrogens (tertiary/aromatic N) is 5. The summed E-state index contributed by atoms with van der Waals surface area (Å²) in [6, 6.07) is -0.100. The van der Waals surface area contributed by atoms with Crippen molar-refractivity contribution < 1.29 is 8.42 Å². The molecule has 148 valence electrons. The molecule has 0 saturated carbocycles. The van der Waals surface area contributed by atoms with E-state index in [-0.39, 0.29) is 17.5 Å². The number of hydrogen-bond donors (Lipinski definition) is 1. The fraction of sp³-hybridized carbons (Fsp3) is 0.444. The Morgan fingerprint density at radius 3 is 2.79 bits per heavy atom. The molecule has 3 aromatic heterocycles. The Labute approximate surface area is 167 Å². The Morgan fingerprint density at radius 1 is 1.29 bits per heavy atom. The molecule has 1 saturated heterocycles. The summed E-state index contributed by atoms with van der Waals surface area (Å²) in [4.78, 5) is 10.8. The number of fused-ring (bicyclic) bond motifs is 1. The highest BCUT2D eigenvalue weighted by Gasteiger charge is 2.31. The van der Waals surface area contributed by atoms with Gasteiger partial charge in [-0.3, -0.25) is 10.1 Å². The van der Waals surface area contributed by atoms with Gasteiger partial charge < -0.3 is 0 Å². The lowest BCUT2D eigenvalue weighted by molar-refractivity contribution is 0.486. The number of sulfone groups is 1. The van der Waals surface area contributed by atoms with E-state index >= 15 is 0 Å². The van der Waals surface area contributed by atoms with E-state index in [1.54, 1.807) is 17.6 Å². The average molecular weight is 419 g/mol. The molecular weight excluding hydrogens is 396 g/mol. The minimum atomic E-state index is -2.96. The molecular formula is C18H22N6O2S2. The first-order chi connectivity index (χ1) is 13.3. The lowest BCUT2D eigenvalue weighted by atomic mass is 10.2. The van der Waals surface area contributed by atoms with E-state index in [4.69, 9.17) is 0 Å².